The number of ether oxygens (including phenoxy) is 2. The topological polar surface area (TPSA) is 131 Å². The first-order valence-corrected chi connectivity index (χ1v) is 9.51. The zero-order valence-corrected chi connectivity index (χ0v) is 17.2. The normalized spacial score (nSPS) is 14.8. The Labute approximate surface area is 174 Å². The molecule has 0 aliphatic carbocycles. The van der Waals surface area contributed by atoms with Crippen LogP contribution in [0.15, 0.2) is 18.2 Å². The summed E-state index contributed by atoms with van der Waals surface area (Å²) in [6, 6.07) is 4.79. The van der Waals surface area contributed by atoms with Gasteiger partial charge >= 0.3 is 19.1 Å². The Morgan fingerprint density at radius 2 is 1.97 bits per heavy atom. The molecule has 30 heavy (non-hydrogen) atoms. The monoisotopic (exact) mass is 420 g/mol. The molecule has 2 amide bonds. The Bertz CT molecular complexity index is 814. The van der Waals surface area contributed by atoms with Gasteiger partial charge in [0.2, 0.25) is 18.6 Å². The summed E-state index contributed by atoms with van der Waals surface area (Å²) in [6.45, 7) is 1.08. The minimum absolute atomic E-state index is 0.00651. The fourth-order valence-electron chi connectivity index (χ4n) is 2.75. The molecule has 0 aromatic heterocycles. The van der Waals surface area contributed by atoms with Crippen LogP contribution in [0.25, 0.3) is 0 Å². The van der Waals surface area contributed by atoms with Crippen LogP contribution < -0.4 is 9.97 Å². The van der Waals surface area contributed by atoms with Crippen molar-refractivity contribution >= 4 is 30.9 Å². The lowest BCUT2D eigenvalue weighted by Crippen LogP contribution is -2.53. The second-order valence-corrected chi connectivity index (χ2v) is 6.89. The Hall–Kier alpha value is -3.08. The maximum atomic E-state index is 12.4. The first kappa shape index (κ1) is 23.2. The second kappa shape index (κ2) is 10.6. The Kier molecular flexibility index (Phi) is 8.22. The van der Waals surface area contributed by atoms with Crippen LogP contribution in [0.4, 0.5) is 0 Å². The smallest absolute Gasteiger partial charge is 0.534 e. The Morgan fingerprint density at radius 1 is 1.23 bits per heavy atom. The van der Waals surface area contributed by atoms with Gasteiger partial charge in [-0.1, -0.05) is 19.1 Å². The van der Waals surface area contributed by atoms with E-state index in [2.05, 4.69) is 5.32 Å². The van der Waals surface area contributed by atoms with Crippen molar-refractivity contribution < 1.29 is 38.3 Å². The minimum Gasteiger partial charge on any atom is -0.534 e. The lowest BCUT2D eigenvalue weighted by molar-refractivity contribution is -0.153. The van der Waals surface area contributed by atoms with E-state index in [9.17, 15) is 24.2 Å². The molecule has 1 heterocycles. The van der Waals surface area contributed by atoms with Crippen LogP contribution in [-0.2, 0) is 30.3 Å². The van der Waals surface area contributed by atoms with E-state index in [1.54, 1.807) is 33.2 Å². The maximum absolute atomic E-state index is 12.4. The highest BCUT2D eigenvalue weighted by atomic mass is 16.7. The molecule has 0 spiro atoms. The van der Waals surface area contributed by atoms with Crippen LogP contribution in [0.2, 0.25) is 0 Å². The summed E-state index contributed by atoms with van der Waals surface area (Å²) in [6.07, 6.45) is 0.408. The highest BCUT2D eigenvalue weighted by Crippen LogP contribution is 2.30. The number of esters is 2. The molecule has 1 atom stereocenters. The van der Waals surface area contributed by atoms with Crippen molar-refractivity contribution in [2.45, 2.75) is 38.5 Å². The fraction of sp³-hybridized carbons (Fsp3) is 0.474. The number of hydrogen-bond donors (Lipinski definition) is 2. The summed E-state index contributed by atoms with van der Waals surface area (Å²) in [7, 11) is 1.83. The van der Waals surface area contributed by atoms with E-state index >= 15 is 0 Å². The molecule has 1 aliphatic heterocycles. The zero-order chi connectivity index (χ0) is 22.3. The maximum Gasteiger partial charge on any atom is 0.547 e. The van der Waals surface area contributed by atoms with Crippen LogP contribution in [0, 0.1) is 0 Å². The SMILES string of the molecule is CCC(=O)NC1Cc2cccc(C(=O)OCOC(=O)CCC(=O)N(C)C)c2OB1O. The third-order valence-electron chi connectivity index (χ3n) is 4.46. The molecule has 10 nitrogen and oxygen atoms in total. The number of hydrogen-bond acceptors (Lipinski definition) is 8. The number of para-hydroxylation sites is 1. The van der Waals surface area contributed by atoms with Crippen molar-refractivity contribution in [1.29, 1.82) is 0 Å². The molecule has 162 valence electrons. The highest BCUT2D eigenvalue weighted by Gasteiger charge is 2.37. The summed E-state index contributed by atoms with van der Waals surface area (Å²) in [5, 5.41) is 12.8. The summed E-state index contributed by atoms with van der Waals surface area (Å²) in [5.41, 5.74) is 0.681. The van der Waals surface area contributed by atoms with Gasteiger partial charge in [-0.3, -0.25) is 14.4 Å². The van der Waals surface area contributed by atoms with Gasteiger partial charge in [0.25, 0.3) is 0 Å². The van der Waals surface area contributed by atoms with Gasteiger partial charge in [0.05, 0.1) is 12.4 Å². The third kappa shape index (κ3) is 6.21. The molecule has 2 N–H and O–H groups in total. The predicted octanol–water partition coefficient (Wildman–Crippen LogP) is 0.0619. The van der Waals surface area contributed by atoms with Gasteiger partial charge in [0.15, 0.2) is 0 Å². The van der Waals surface area contributed by atoms with E-state index in [0.29, 0.717) is 5.56 Å². The summed E-state index contributed by atoms with van der Waals surface area (Å²) in [4.78, 5) is 48.4. The first-order chi connectivity index (χ1) is 14.2. The highest BCUT2D eigenvalue weighted by molar-refractivity contribution is 6.47. The van der Waals surface area contributed by atoms with E-state index in [-0.39, 0.29) is 48.8 Å². The van der Waals surface area contributed by atoms with E-state index in [4.69, 9.17) is 14.1 Å². The molecule has 1 unspecified atom stereocenters. The van der Waals surface area contributed by atoms with Crippen LogP contribution in [0.3, 0.4) is 0 Å². The lowest BCUT2D eigenvalue weighted by Gasteiger charge is -2.29. The van der Waals surface area contributed by atoms with Crippen molar-refractivity contribution in [1.82, 2.24) is 10.2 Å². The van der Waals surface area contributed by atoms with E-state index in [1.807, 2.05) is 0 Å². The van der Waals surface area contributed by atoms with E-state index in [1.165, 1.54) is 11.0 Å². The van der Waals surface area contributed by atoms with Crippen LogP contribution in [-0.4, -0.2) is 67.6 Å². The quantitative estimate of drug-likeness (QED) is 0.343. The summed E-state index contributed by atoms with van der Waals surface area (Å²) in [5.74, 6) is -2.40. The molecule has 0 radical (unpaired) electrons. The van der Waals surface area contributed by atoms with Crippen molar-refractivity contribution in [2.24, 2.45) is 0 Å². The van der Waals surface area contributed by atoms with Gasteiger partial charge < -0.3 is 29.4 Å². The second-order valence-electron chi connectivity index (χ2n) is 6.89. The Morgan fingerprint density at radius 3 is 2.63 bits per heavy atom. The van der Waals surface area contributed by atoms with Crippen molar-refractivity contribution in [3.05, 3.63) is 29.3 Å². The van der Waals surface area contributed by atoms with Crippen LogP contribution in [0.5, 0.6) is 5.75 Å². The number of carbonyl (C=O) groups is 4. The molecule has 0 fully saturated rings. The van der Waals surface area contributed by atoms with Crippen molar-refractivity contribution in [3.63, 3.8) is 0 Å². The molecule has 0 saturated carbocycles. The van der Waals surface area contributed by atoms with Gasteiger partial charge in [0.1, 0.15) is 11.3 Å². The van der Waals surface area contributed by atoms with Gasteiger partial charge in [-0.25, -0.2) is 4.79 Å². The number of benzene rings is 1. The predicted molar refractivity (Wildman–Crippen MR) is 105 cm³/mol. The van der Waals surface area contributed by atoms with Crippen molar-refractivity contribution in [2.75, 3.05) is 20.9 Å². The number of fused-ring (bicyclic) bond motifs is 1. The minimum atomic E-state index is -1.32. The standard InChI is InChI=1S/C19H25BN2O8/c1-4-15(23)21-14-10-12-6-5-7-13(18(12)30-20(14)27)19(26)29-11-28-17(25)9-8-16(24)22(2)3/h5-7,14,27H,4,8-11H2,1-3H3,(H,21,23). The van der Waals surface area contributed by atoms with Gasteiger partial charge in [-0.2, -0.15) is 0 Å². The Balaban J connectivity index is 1.92. The van der Waals surface area contributed by atoms with Crippen LogP contribution in [0.1, 0.15) is 42.1 Å². The van der Waals surface area contributed by atoms with Gasteiger partial charge in [-0.05, 0) is 18.1 Å². The largest absolute Gasteiger partial charge is 0.547 e. The number of amides is 2. The molecule has 11 heteroatoms. The fourth-order valence-corrected chi connectivity index (χ4v) is 2.75. The number of rotatable bonds is 8. The van der Waals surface area contributed by atoms with Crippen molar-refractivity contribution in [3.8, 4) is 5.75 Å². The number of carbonyl (C=O) groups excluding carboxylic acids is 4. The molecule has 0 saturated heterocycles. The molecular formula is C19H25BN2O8. The first-order valence-electron chi connectivity index (χ1n) is 9.51. The lowest BCUT2D eigenvalue weighted by atomic mass is 9.72. The third-order valence-corrected chi connectivity index (χ3v) is 4.46. The molecule has 1 aliphatic rings. The molecule has 0 bridgehead atoms. The molecular weight excluding hydrogens is 395 g/mol. The average molecular weight is 420 g/mol. The number of nitrogens with zero attached hydrogens (tertiary/aromatic N) is 1. The van der Waals surface area contributed by atoms with Gasteiger partial charge in [0, 0.05) is 26.9 Å². The zero-order valence-electron chi connectivity index (χ0n) is 17.2. The summed E-state index contributed by atoms with van der Waals surface area (Å²) >= 11 is 0. The van der Waals surface area contributed by atoms with Gasteiger partial charge in [-0.15, -0.1) is 0 Å². The molecule has 1 aromatic carbocycles. The van der Waals surface area contributed by atoms with E-state index in [0.717, 1.165) is 0 Å². The summed E-state index contributed by atoms with van der Waals surface area (Å²) < 4.78 is 15.2. The molecule has 1 aromatic rings. The van der Waals surface area contributed by atoms with Crippen LogP contribution >= 0.6 is 0 Å². The molecule has 2 rings (SSSR count). The van der Waals surface area contributed by atoms with E-state index < -0.39 is 31.8 Å². The number of nitrogens with one attached hydrogen (secondary N) is 1. The average Bonchev–Trinajstić information content (AvgIpc) is 2.71.